The van der Waals surface area contributed by atoms with Crippen LogP contribution < -0.4 is 11.1 Å². The topological polar surface area (TPSA) is 58.4 Å². The van der Waals surface area contributed by atoms with Crippen molar-refractivity contribution in [3.8, 4) is 0 Å². The summed E-state index contributed by atoms with van der Waals surface area (Å²) < 4.78 is 13.4. The molecule has 0 radical (unpaired) electrons. The van der Waals surface area contributed by atoms with Crippen molar-refractivity contribution in [3.63, 3.8) is 0 Å². The number of hydrogen-bond donors (Lipinski definition) is 2. The molecule has 0 bridgehead atoms. The number of benzene rings is 1. The second-order valence-electron chi connectivity index (χ2n) is 5.37. The van der Waals surface area contributed by atoms with E-state index in [0.29, 0.717) is 24.3 Å². The van der Waals surface area contributed by atoms with E-state index in [2.05, 4.69) is 10.2 Å². The molecule has 1 fully saturated rings. The zero-order chi connectivity index (χ0) is 14.5. The van der Waals surface area contributed by atoms with Gasteiger partial charge in [0.15, 0.2) is 0 Å². The standard InChI is InChI=1S/C15H22FN3O.ClH/c1-11-5-6-12(8-14(11)16)18-15(20)10-19-7-3-2-4-13(19)9-17;/h5-6,8,13H,2-4,7,9-10,17H2,1H3,(H,18,20);1H. The number of amides is 1. The molecule has 1 saturated heterocycles. The van der Waals surface area contributed by atoms with Gasteiger partial charge in [-0.15, -0.1) is 12.4 Å². The van der Waals surface area contributed by atoms with Crippen molar-refractivity contribution in [2.45, 2.75) is 32.2 Å². The fourth-order valence-corrected chi connectivity index (χ4v) is 2.59. The summed E-state index contributed by atoms with van der Waals surface area (Å²) in [7, 11) is 0. The largest absolute Gasteiger partial charge is 0.329 e. The number of likely N-dealkylation sites (tertiary alicyclic amines) is 1. The summed E-state index contributed by atoms with van der Waals surface area (Å²) in [5, 5.41) is 2.74. The number of nitrogens with zero attached hydrogens (tertiary/aromatic N) is 1. The van der Waals surface area contributed by atoms with Gasteiger partial charge >= 0.3 is 0 Å². The van der Waals surface area contributed by atoms with Gasteiger partial charge < -0.3 is 11.1 Å². The van der Waals surface area contributed by atoms with Crippen LogP contribution in [0.5, 0.6) is 0 Å². The van der Waals surface area contributed by atoms with E-state index in [1.807, 2.05) is 0 Å². The Balaban J connectivity index is 0.00000220. The maximum atomic E-state index is 13.4. The highest BCUT2D eigenvalue weighted by Crippen LogP contribution is 2.17. The number of rotatable bonds is 4. The lowest BCUT2D eigenvalue weighted by atomic mass is 10.0. The van der Waals surface area contributed by atoms with Gasteiger partial charge in [0.1, 0.15) is 5.82 Å². The summed E-state index contributed by atoms with van der Waals surface area (Å²) in [5.74, 6) is -0.422. The number of carbonyl (C=O) groups is 1. The molecule has 1 amide bonds. The van der Waals surface area contributed by atoms with Gasteiger partial charge in [-0.05, 0) is 44.0 Å². The Morgan fingerprint density at radius 1 is 1.48 bits per heavy atom. The van der Waals surface area contributed by atoms with Crippen LogP contribution in [0.15, 0.2) is 18.2 Å². The van der Waals surface area contributed by atoms with Gasteiger partial charge in [-0.3, -0.25) is 9.69 Å². The lowest BCUT2D eigenvalue weighted by Gasteiger charge is -2.34. The minimum atomic E-state index is -0.305. The minimum Gasteiger partial charge on any atom is -0.329 e. The van der Waals surface area contributed by atoms with Crippen LogP contribution in [0, 0.1) is 12.7 Å². The molecule has 0 aromatic heterocycles. The molecule has 1 atom stereocenters. The Morgan fingerprint density at radius 3 is 2.90 bits per heavy atom. The maximum absolute atomic E-state index is 13.4. The quantitative estimate of drug-likeness (QED) is 0.896. The fourth-order valence-electron chi connectivity index (χ4n) is 2.59. The lowest BCUT2D eigenvalue weighted by molar-refractivity contribution is -0.118. The molecule has 0 aliphatic carbocycles. The zero-order valence-electron chi connectivity index (χ0n) is 12.3. The molecule has 118 valence electrons. The van der Waals surface area contributed by atoms with E-state index in [-0.39, 0.29) is 30.2 Å². The molecule has 2 rings (SSSR count). The van der Waals surface area contributed by atoms with Crippen molar-refractivity contribution in [3.05, 3.63) is 29.6 Å². The SMILES string of the molecule is Cc1ccc(NC(=O)CN2CCCCC2CN)cc1F.Cl. The van der Waals surface area contributed by atoms with Gasteiger partial charge in [0, 0.05) is 18.3 Å². The molecule has 0 spiro atoms. The summed E-state index contributed by atoms with van der Waals surface area (Å²) >= 11 is 0. The molecule has 1 aromatic carbocycles. The summed E-state index contributed by atoms with van der Waals surface area (Å²) in [6.45, 7) is 3.49. The van der Waals surface area contributed by atoms with E-state index in [4.69, 9.17) is 5.73 Å². The van der Waals surface area contributed by atoms with Crippen molar-refractivity contribution < 1.29 is 9.18 Å². The molecule has 1 unspecified atom stereocenters. The van der Waals surface area contributed by atoms with Crippen LogP contribution in [0.2, 0.25) is 0 Å². The minimum absolute atomic E-state index is 0. The Hall–Kier alpha value is -1.17. The summed E-state index contributed by atoms with van der Waals surface area (Å²) in [5.41, 5.74) is 6.81. The average Bonchev–Trinajstić information content (AvgIpc) is 2.43. The van der Waals surface area contributed by atoms with Gasteiger partial charge in [0.05, 0.1) is 6.54 Å². The number of piperidine rings is 1. The highest BCUT2D eigenvalue weighted by Gasteiger charge is 2.22. The number of aryl methyl sites for hydroxylation is 1. The number of carbonyl (C=O) groups excluding carboxylic acids is 1. The predicted octanol–water partition coefficient (Wildman–Crippen LogP) is 2.31. The van der Waals surface area contributed by atoms with Crippen molar-refractivity contribution in [2.24, 2.45) is 5.73 Å². The van der Waals surface area contributed by atoms with Crippen LogP contribution in [0.25, 0.3) is 0 Å². The third-order valence-corrected chi connectivity index (χ3v) is 3.82. The van der Waals surface area contributed by atoms with Gasteiger partial charge in [-0.2, -0.15) is 0 Å². The van der Waals surface area contributed by atoms with E-state index in [1.54, 1.807) is 19.1 Å². The molecular formula is C15H23ClFN3O. The fraction of sp³-hybridized carbons (Fsp3) is 0.533. The summed E-state index contributed by atoms with van der Waals surface area (Å²) in [4.78, 5) is 14.1. The Morgan fingerprint density at radius 2 is 2.24 bits per heavy atom. The number of nitrogens with two attached hydrogens (primary N) is 1. The number of halogens is 2. The third-order valence-electron chi connectivity index (χ3n) is 3.82. The van der Waals surface area contributed by atoms with E-state index in [9.17, 15) is 9.18 Å². The zero-order valence-corrected chi connectivity index (χ0v) is 13.1. The second kappa shape index (κ2) is 8.32. The van der Waals surface area contributed by atoms with E-state index in [0.717, 1.165) is 19.4 Å². The first kappa shape index (κ1) is 17.9. The molecule has 3 N–H and O–H groups in total. The Kier molecular flexibility index (Phi) is 7.08. The van der Waals surface area contributed by atoms with Crippen LogP contribution in [-0.2, 0) is 4.79 Å². The molecule has 1 aliphatic heterocycles. The number of hydrogen-bond acceptors (Lipinski definition) is 3. The molecule has 4 nitrogen and oxygen atoms in total. The first-order valence-corrected chi connectivity index (χ1v) is 7.10. The molecule has 0 saturated carbocycles. The molecule has 1 aliphatic rings. The lowest BCUT2D eigenvalue weighted by Crippen LogP contribution is -2.47. The first-order valence-electron chi connectivity index (χ1n) is 7.10. The first-order chi connectivity index (χ1) is 9.60. The molecule has 1 heterocycles. The van der Waals surface area contributed by atoms with E-state index in [1.165, 1.54) is 12.5 Å². The molecule has 6 heteroatoms. The third kappa shape index (κ3) is 4.95. The van der Waals surface area contributed by atoms with Crippen LogP contribution in [0.1, 0.15) is 24.8 Å². The number of nitrogens with one attached hydrogen (secondary N) is 1. The predicted molar refractivity (Wildman–Crippen MR) is 85.3 cm³/mol. The molecule has 1 aromatic rings. The smallest absolute Gasteiger partial charge is 0.238 e. The van der Waals surface area contributed by atoms with Crippen molar-refractivity contribution >= 4 is 24.0 Å². The van der Waals surface area contributed by atoms with Gasteiger partial charge in [0.25, 0.3) is 0 Å². The number of anilines is 1. The average molecular weight is 316 g/mol. The van der Waals surface area contributed by atoms with E-state index < -0.39 is 0 Å². The van der Waals surface area contributed by atoms with Crippen LogP contribution in [0.3, 0.4) is 0 Å². The molecule has 21 heavy (non-hydrogen) atoms. The van der Waals surface area contributed by atoms with Crippen molar-refractivity contribution in [1.82, 2.24) is 4.90 Å². The Bertz CT molecular complexity index is 484. The summed E-state index contributed by atoms with van der Waals surface area (Å²) in [6, 6.07) is 5.01. The molecular weight excluding hydrogens is 293 g/mol. The Labute approximate surface area is 131 Å². The highest BCUT2D eigenvalue weighted by molar-refractivity contribution is 5.92. The van der Waals surface area contributed by atoms with Gasteiger partial charge in [-0.1, -0.05) is 12.5 Å². The summed E-state index contributed by atoms with van der Waals surface area (Å²) in [6.07, 6.45) is 3.31. The van der Waals surface area contributed by atoms with Crippen molar-refractivity contribution in [1.29, 1.82) is 0 Å². The van der Waals surface area contributed by atoms with Crippen LogP contribution in [-0.4, -0.2) is 36.5 Å². The van der Waals surface area contributed by atoms with Gasteiger partial charge in [-0.25, -0.2) is 4.39 Å². The second-order valence-corrected chi connectivity index (χ2v) is 5.37. The van der Waals surface area contributed by atoms with Crippen molar-refractivity contribution in [2.75, 3.05) is 25.0 Å². The normalized spacial score (nSPS) is 18.9. The van der Waals surface area contributed by atoms with E-state index >= 15 is 0 Å². The highest BCUT2D eigenvalue weighted by atomic mass is 35.5. The maximum Gasteiger partial charge on any atom is 0.238 e. The van der Waals surface area contributed by atoms with Gasteiger partial charge in [0.2, 0.25) is 5.91 Å². The van der Waals surface area contributed by atoms with Crippen LogP contribution >= 0.6 is 12.4 Å². The van der Waals surface area contributed by atoms with Crippen LogP contribution in [0.4, 0.5) is 10.1 Å². The monoisotopic (exact) mass is 315 g/mol.